The lowest BCUT2D eigenvalue weighted by molar-refractivity contribution is -0.128. The zero-order valence-electron chi connectivity index (χ0n) is 9.08. The third-order valence-corrected chi connectivity index (χ3v) is 3.24. The van der Waals surface area contributed by atoms with Gasteiger partial charge in [0, 0.05) is 31.1 Å². The maximum absolute atomic E-state index is 11.5. The van der Waals surface area contributed by atoms with E-state index in [4.69, 9.17) is 17.3 Å². The van der Waals surface area contributed by atoms with E-state index in [2.05, 4.69) is 0 Å². The van der Waals surface area contributed by atoms with Crippen LogP contribution in [0.5, 0.6) is 0 Å². The first kappa shape index (κ1) is 11.4. The van der Waals surface area contributed by atoms with Crippen molar-refractivity contribution in [2.75, 3.05) is 6.54 Å². The number of halogens is 1. The van der Waals surface area contributed by atoms with Crippen LogP contribution < -0.4 is 5.73 Å². The standard InChI is InChI=1S/C12H15ClN2O/c13-11-6-9(7-14)3-4-10(11)8-15-5-1-2-12(15)16/h3-4,6H,1-2,5,7-8,14H2. The third kappa shape index (κ3) is 2.36. The molecule has 0 spiro atoms. The summed E-state index contributed by atoms with van der Waals surface area (Å²) >= 11 is 6.14. The Balaban J connectivity index is 2.12. The molecular weight excluding hydrogens is 224 g/mol. The Kier molecular flexibility index (Phi) is 3.46. The van der Waals surface area contributed by atoms with Gasteiger partial charge in [0.05, 0.1) is 0 Å². The van der Waals surface area contributed by atoms with E-state index in [1.807, 2.05) is 23.1 Å². The zero-order valence-corrected chi connectivity index (χ0v) is 9.83. The smallest absolute Gasteiger partial charge is 0.222 e. The molecule has 3 nitrogen and oxygen atoms in total. The first-order valence-electron chi connectivity index (χ1n) is 5.46. The minimum absolute atomic E-state index is 0.221. The normalized spacial score (nSPS) is 15.9. The second-order valence-corrected chi connectivity index (χ2v) is 4.46. The number of rotatable bonds is 3. The summed E-state index contributed by atoms with van der Waals surface area (Å²) in [7, 11) is 0. The fourth-order valence-electron chi connectivity index (χ4n) is 1.92. The molecule has 1 fully saturated rings. The second kappa shape index (κ2) is 4.85. The summed E-state index contributed by atoms with van der Waals surface area (Å²) in [5.74, 6) is 0.221. The highest BCUT2D eigenvalue weighted by molar-refractivity contribution is 6.31. The minimum Gasteiger partial charge on any atom is -0.338 e. The fourth-order valence-corrected chi connectivity index (χ4v) is 2.19. The van der Waals surface area contributed by atoms with Gasteiger partial charge in [-0.15, -0.1) is 0 Å². The Morgan fingerprint density at radius 2 is 2.25 bits per heavy atom. The fraction of sp³-hybridized carbons (Fsp3) is 0.417. The average Bonchev–Trinajstić information content (AvgIpc) is 2.67. The molecule has 1 heterocycles. The molecule has 0 saturated carbocycles. The van der Waals surface area contributed by atoms with Crippen LogP contribution in [0.15, 0.2) is 18.2 Å². The summed E-state index contributed by atoms with van der Waals surface area (Å²) in [6.45, 7) is 1.94. The van der Waals surface area contributed by atoms with Gasteiger partial charge in [-0.3, -0.25) is 4.79 Å². The molecule has 1 amide bonds. The van der Waals surface area contributed by atoms with Gasteiger partial charge in [0.15, 0.2) is 0 Å². The van der Waals surface area contributed by atoms with E-state index < -0.39 is 0 Å². The number of amides is 1. The van der Waals surface area contributed by atoms with E-state index in [1.54, 1.807) is 0 Å². The van der Waals surface area contributed by atoms with Crippen molar-refractivity contribution in [1.82, 2.24) is 4.90 Å². The molecule has 0 aromatic heterocycles. The van der Waals surface area contributed by atoms with Gasteiger partial charge in [-0.1, -0.05) is 23.7 Å². The van der Waals surface area contributed by atoms with Crippen LogP contribution in [0.25, 0.3) is 0 Å². The second-order valence-electron chi connectivity index (χ2n) is 4.05. The number of benzene rings is 1. The van der Waals surface area contributed by atoms with Crippen molar-refractivity contribution >= 4 is 17.5 Å². The summed E-state index contributed by atoms with van der Waals surface area (Å²) in [5, 5.41) is 0.697. The van der Waals surface area contributed by atoms with Gasteiger partial charge in [-0.2, -0.15) is 0 Å². The van der Waals surface area contributed by atoms with Crippen molar-refractivity contribution in [3.05, 3.63) is 34.3 Å². The van der Waals surface area contributed by atoms with Gasteiger partial charge in [-0.25, -0.2) is 0 Å². The monoisotopic (exact) mass is 238 g/mol. The maximum atomic E-state index is 11.5. The topological polar surface area (TPSA) is 46.3 Å². The third-order valence-electron chi connectivity index (χ3n) is 2.89. The molecular formula is C12H15ClN2O. The summed E-state index contributed by atoms with van der Waals surface area (Å²) in [6, 6.07) is 5.79. The van der Waals surface area contributed by atoms with Crippen LogP contribution in [0.1, 0.15) is 24.0 Å². The van der Waals surface area contributed by atoms with Crippen molar-refractivity contribution in [2.24, 2.45) is 5.73 Å². The molecule has 0 atom stereocenters. The van der Waals surface area contributed by atoms with Gasteiger partial charge in [-0.05, 0) is 23.6 Å². The number of carbonyl (C=O) groups excluding carboxylic acids is 1. The highest BCUT2D eigenvalue weighted by Crippen LogP contribution is 2.21. The van der Waals surface area contributed by atoms with E-state index in [-0.39, 0.29) is 5.91 Å². The Labute approximate surface area is 100 Å². The number of carbonyl (C=O) groups is 1. The molecule has 16 heavy (non-hydrogen) atoms. The van der Waals surface area contributed by atoms with Gasteiger partial charge in [0.25, 0.3) is 0 Å². The molecule has 2 rings (SSSR count). The van der Waals surface area contributed by atoms with Gasteiger partial charge in [0.1, 0.15) is 0 Å². The highest BCUT2D eigenvalue weighted by Gasteiger charge is 2.20. The van der Waals surface area contributed by atoms with Crippen LogP contribution >= 0.6 is 11.6 Å². The number of hydrogen-bond acceptors (Lipinski definition) is 2. The van der Waals surface area contributed by atoms with Crippen molar-refractivity contribution in [1.29, 1.82) is 0 Å². The summed E-state index contributed by atoms with van der Waals surface area (Å²) < 4.78 is 0. The van der Waals surface area contributed by atoms with Gasteiger partial charge < -0.3 is 10.6 Å². The lowest BCUT2D eigenvalue weighted by Gasteiger charge is -2.16. The largest absolute Gasteiger partial charge is 0.338 e. The van der Waals surface area contributed by atoms with Crippen LogP contribution in [0.4, 0.5) is 0 Å². The predicted molar refractivity (Wildman–Crippen MR) is 64.0 cm³/mol. The zero-order chi connectivity index (χ0) is 11.5. The van der Waals surface area contributed by atoms with E-state index in [0.29, 0.717) is 24.5 Å². The molecule has 1 aromatic carbocycles. The molecule has 0 unspecified atom stereocenters. The Morgan fingerprint density at radius 1 is 1.44 bits per heavy atom. The molecule has 2 N–H and O–H groups in total. The van der Waals surface area contributed by atoms with E-state index >= 15 is 0 Å². The minimum atomic E-state index is 0.221. The first-order chi connectivity index (χ1) is 7.70. The van der Waals surface area contributed by atoms with Gasteiger partial charge in [0.2, 0.25) is 5.91 Å². The van der Waals surface area contributed by atoms with Crippen LogP contribution in [0.2, 0.25) is 5.02 Å². The molecule has 0 aliphatic carbocycles. The summed E-state index contributed by atoms with van der Waals surface area (Å²) in [4.78, 5) is 13.3. The number of hydrogen-bond donors (Lipinski definition) is 1. The molecule has 1 aromatic rings. The van der Waals surface area contributed by atoms with Crippen molar-refractivity contribution in [3.8, 4) is 0 Å². The predicted octanol–water partition coefficient (Wildman–Crippen LogP) is 1.92. The molecule has 1 aliphatic rings. The number of nitrogens with zero attached hydrogens (tertiary/aromatic N) is 1. The van der Waals surface area contributed by atoms with Crippen LogP contribution in [-0.4, -0.2) is 17.4 Å². The number of likely N-dealkylation sites (tertiary alicyclic amines) is 1. The van der Waals surface area contributed by atoms with Crippen molar-refractivity contribution in [3.63, 3.8) is 0 Å². The Morgan fingerprint density at radius 3 is 2.81 bits per heavy atom. The highest BCUT2D eigenvalue weighted by atomic mass is 35.5. The first-order valence-corrected chi connectivity index (χ1v) is 5.83. The summed E-state index contributed by atoms with van der Waals surface area (Å²) in [6.07, 6.45) is 1.62. The molecule has 0 radical (unpaired) electrons. The van der Waals surface area contributed by atoms with E-state index in [1.165, 1.54) is 0 Å². The lowest BCUT2D eigenvalue weighted by atomic mass is 10.1. The molecule has 1 aliphatic heterocycles. The Hall–Kier alpha value is -1.06. The molecule has 0 bridgehead atoms. The molecule has 1 saturated heterocycles. The quantitative estimate of drug-likeness (QED) is 0.875. The SMILES string of the molecule is NCc1ccc(CN2CCCC2=O)c(Cl)c1. The van der Waals surface area contributed by atoms with E-state index in [9.17, 15) is 4.79 Å². The van der Waals surface area contributed by atoms with Crippen LogP contribution in [-0.2, 0) is 17.9 Å². The Bertz CT molecular complexity index is 406. The average molecular weight is 239 g/mol. The summed E-state index contributed by atoms with van der Waals surface area (Å²) in [5.41, 5.74) is 7.54. The van der Waals surface area contributed by atoms with Crippen molar-refractivity contribution < 1.29 is 4.79 Å². The van der Waals surface area contributed by atoms with E-state index in [0.717, 1.165) is 24.1 Å². The molecule has 86 valence electrons. The van der Waals surface area contributed by atoms with Gasteiger partial charge >= 0.3 is 0 Å². The van der Waals surface area contributed by atoms with Crippen molar-refractivity contribution in [2.45, 2.75) is 25.9 Å². The van der Waals surface area contributed by atoms with Crippen LogP contribution in [0, 0.1) is 0 Å². The lowest BCUT2D eigenvalue weighted by Crippen LogP contribution is -2.24. The van der Waals surface area contributed by atoms with Crippen LogP contribution in [0.3, 0.4) is 0 Å². The number of nitrogens with two attached hydrogens (primary N) is 1. The maximum Gasteiger partial charge on any atom is 0.222 e. The molecule has 4 heteroatoms.